The van der Waals surface area contributed by atoms with Gasteiger partial charge in [-0.3, -0.25) is 4.98 Å². The molecule has 0 spiro atoms. The number of aromatic nitrogens is 3. The summed E-state index contributed by atoms with van der Waals surface area (Å²) in [6.07, 6.45) is 2.97. The molecular formula is C18H19F2N5O2S. The Balaban J connectivity index is 1.59. The zero-order valence-corrected chi connectivity index (χ0v) is 16.2. The van der Waals surface area contributed by atoms with Gasteiger partial charge < -0.3 is 9.47 Å². The van der Waals surface area contributed by atoms with Gasteiger partial charge in [-0.1, -0.05) is 0 Å². The molecule has 10 heteroatoms. The molecular weight excluding hydrogens is 388 g/mol. The number of halogens is 2. The summed E-state index contributed by atoms with van der Waals surface area (Å²) >= 11 is 0. The van der Waals surface area contributed by atoms with Crippen LogP contribution in [0.25, 0.3) is 10.9 Å². The lowest BCUT2D eigenvalue weighted by Gasteiger charge is -2.35. The molecule has 1 fully saturated rings. The minimum absolute atomic E-state index is 0.0273. The Bertz CT molecular complexity index is 1130. The summed E-state index contributed by atoms with van der Waals surface area (Å²) in [4.78, 5) is 10.0. The van der Waals surface area contributed by atoms with Crippen molar-refractivity contribution in [1.29, 1.82) is 0 Å². The molecule has 0 amide bonds. The highest BCUT2D eigenvalue weighted by Gasteiger charge is 2.31. The number of fused-ring (bicyclic) bond motifs is 1. The molecule has 4 rings (SSSR count). The van der Waals surface area contributed by atoms with E-state index in [0.717, 1.165) is 6.07 Å². The predicted octanol–water partition coefficient (Wildman–Crippen LogP) is 2.07. The fourth-order valence-electron chi connectivity index (χ4n) is 3.39. The van der Waals surface area contributed by atoms with E-state index in [1.807, 2.05) is 4.90 Å². The van der Waals surface area contributed by atoms with Gasteiger partial charge in [0.15, 0.2) is 10.8 Å². The largest absolute Gasteiger partial charge is 0.368 e. The van der Waals surface area contributed by atoms with Gasteiger partial charge in [-0.15, -0.1) is 0 Å². The number of imidazole rings is 1. The van der Waals surface area contributed by atoms with Gasteiger partial charge in [0.05, 0.1) is 0 Å². The number of aryl methyl sites for hydroxylation is 2. The lowest BCUT2D eigenvalue weighted by Crippen LogP contribution is -2.48. The maximum Gasteiger partial charge on any atom is 0.262 e. The first-order valence-corrected chi connectivity index (χ1v) is 10.2. The van der Waals surface area contributed by atoms with E-state index in [0.29, 0.717) is 30.0 Å². The summed E-state index contributed by atoms with van der Waals surface area (Å²) in [5, 5.41) is 0.399. The van der Waals surface area contributed by atoms with Gasteiger partial charge in [-0.25, -0.2) is 22.2 Å². The number of anilines is 1. The van der Waals surface area contributed by atoms with Crippen LogP contribution in [0, 0.1) is 18.6 Å². The number of piperazine rings is 1. The van der Waals surface area contributed by atoms with Crippen molar-refractivity contribution in [2.45, 2.75) is 11.9 Å². The van der Waals surface area contributed by atoms with Crippen LogP contribution in [0.4, 0.5) is 14.5 Å². The molecule has 0 aliphatic carbocycles. The summed E-state index contributed by atoms with van der Waals surface area (Å²) in [6, 6.07) is 3.74. The van der Waals surface area contributed by atoms with Gasteiger partial charge in [0.2, 0.25) is 0 Å². The standard InChI is InChI=1S/C18H19F2N5O2S/c1-12-22-17(11-23(12)2)28(26,27)25-7-5-24(6-8-25)16-3-4-21-18-14(16)9-13(19)10-15(18)20/h3-4,9-11H,5-8H2,1-2H3. The van der Waals surface area contributed by atoms with Crippen LogP contribution in [-0.4, -0.2) is 53.4 Å². The second kappa shape index (κ2) is 6.78. The minimum Gasteiger partial charge on any atom is -0.368 e. The van der Waals surface area contributed by atoms with Gasteiger partial charge in [0, 0.05) is 62.8 Å². The van der Waals surface area contributed by atoms with Crippen molar-refractivity contribution >= 4 is 26.6 Å². The van der Waals surface area contributed by atoms with Crippen molar-refractivity contribution in [3.63, 3.8) is 0 Å². The van der Waals surface area contributed by atoms with Crippen molar-refractivity contribution in [3.8, 4) is 0 Å². The third-order valence-corrected chi connectivity index (χ3v) is 6.78. The fourth-order valence-corrected chi connectivity index (χ4v) is 4.84. The Morgan fingerprint density at radius 3 is 2.46 bits per heavy atom. The maximum atomic E-state index is 14.0. The quantitative estimate of drug-likeness (QED) is 0.665. The van der Waals surface area contributed by atoms with Crippen LogP contribution >= 0.6 is 0 Å². The molecule has 1 aliphatic rings. The fraction of sp³-hybridized carbons (Fsp3) is 0.333. The molecule has 0 atom stereocenters. The van der Waals surface area contributed by atoms with Gasteiger partial charge >= 0.3 is 0 Å². The van der Waals surface area contributed by atoms with Crippen molar-refractivity contribution in [2.75, 3.05) is 31.1 Å². The van der Waals surface area contributed by atoms with Crippen LogP contribution in [0.15, 0.2) is 35.6 Å². The molecule has 3 heterocycles. The van der Waals surface area contributed by atoms with E-state index in [4.69, 9.17) is 0 Å². The molecule has 1 aliphatic heterocycles. The minimum atomic E-state index is -3.68. The number of hydrogen-bond donors (Lipinski definition) is 0. The molecule has 0 N–H and O–H groups in total. The number of pyridine rings is 1. The molecule has 1 saturated heterocycles. The Kier molecular flexibility index (Phi) is 4.54. The van der Waals surface area contributed by atoms with Crippen LogP contribution in [0.5, 0.6) is 0 Å². The Labute approximate surface area is 161 Å². The summed E-state index contributed by atoms with van der Waals surface area (Å²) < 4.78 is 56.4. The molecule has 7 nitrogen and oxygen atoms in total. The Hall–Kier alpha value is -2.59. The number of nitrogens with zero attached hydrogens (tertiary/aromatic N) is 5. The Morgan fingerprint density at radius 1 is 1.11 bits per heavy atom. The molecule has 0 bridgehead atoms. The van der Waals surface area contributed by atoms with E-state index in [2.05, 4.69) is 9.97 Å². The summed E-state index contributed by atoms with van der Waals surface area (Å²) in [7, 11) is -1.94. The highest BCUT2D eigenvalue weighted by Crippen LogP contribution is 2.29. The molecule has 0 radical (unpaired) electrons. The molecule has 2 aromatic heterocycles. The molecule has 0 unspecified atom stereocenters. The highest BCUT2D eigenvalue weighted by molar-refractivity contribution is 7.89. The molecule has 1 aromatic carbocycles. The monoisotopic (exact) mass is 407 g/mol. The zero-order valence-electron chi connectivity index (χ0n) is 15.4. The number of hydrogen-bond acceptors (Lipinski definition) is 5. The van der Waals surface area contributed by atoms with Crippen molar-refractivity contribution < 1.29 is 17.2 Å². The number of benzene rings is 1. The van der Waals surface area contributed by atoms with Crippen molar-refractivity contribution in [3.05, 3.63) is 48.1 Å². The van der Waals surface area contributed by atoms with Crippen LogP contribution < -0.4 is 4.90 Å². The molecule has 3 aromatic rings. The first-order chi connectivity index (χ1) is 13.3. The summed E-state index contributed by atoms with van der Waals surface area (Å²) in [5.41, 5.74) is 0.729. The SMILES string of the molecule is Cc1nc(S(=O)(=O)N2CCN(c3ccnc4c(F)cc(F)cc34)CC2)cn1C. The predicted molar refractivity (Wildman–Crippen MR) is 101 cm³/mol. The first kappa shape index (κ1) is 18.8. The summed E-state index contributed by atoms with van der Waals surface area (Å²) in [6.45, 7) is 3.02. The van der Waals surface area contributed by atoms with E-state index in [1.165, 1.54) is 22.8 Å². The van der Waals surface area contributed by atoms with Gasteiger partial charge in [0.1, 0.15) is 17.2 Å². The smallest absolute Gasteiger partial charge is 0.262 e. The average molecular weight is 407 g/mol. The first-order valence-electron chi connectivity index (χ1n) is 8.76. The number of sulfonamides is 1. The lowest BCUT2D eigenvalue weighted by molar-refractivity contribution is 0.384. The van der Waals surface area contributed by atoms with Crippen LogP contribution in [0.2, 0.25) is 0 Å². The van der Waals surface area contributed by atoms with E-state index in [1.54, 1.807) is 24.6 Å². The van der Waals surface area contributed by atoms with Crippen molar-refractivity contribution in [2.24, 2.45) is 7.05 Å². The normalized spacial score (nSPS) is 16.1. The number of rotatable bonds is 3. The highest BCUT2D eigenvalue weighted by atomic mass is 32.2. The maximum absolute atomic E-state index is 14.0. The lowest BCUT2D eigenvalue weighted by atomic mass is 10.1. The summed E-state index contributed by atoms with van der Waals surface area (Å²) in [5.74, 6) is -0.779. The second-order valence-corrected chi connectivity index (χ2v) is 8.63. The van der Waals surface area contributed by atoms with Crippen LogP contribution in [0.1, 0.15) is 5.82 Å². The van der Waals surface area contributed by atoms with Gasteiger partial charge in [-0.2, -0.15) is 4.31 Å². The van der Waals surface area contributed by atoms with Gasteiger partial charge in [-0.05, 0) is 19.1 Å². The zero-order chi connectivity index (χ0) is 20.1. The third kappa shape index (κ3) is 3.12. The second-order valence-electron chi connectivity index (χ2n) is 6.74. The van der Waals surface area contributed by atoms with E-state index < -0.39 is 21.7 Å². The van der Waals surface area contributed by atoms with E-state index in [9.17, 15) is 17.2 Å². The van der Waals surface area contributed by atoms with E-state index >= 15 is 0 Å². The van der Waals surface area contributed by atoms with Crippen LogP contribution in [0.3, 0.4) is 0 Å². The van der Waals surface area contributed by atoms with Crippen LogP contribution in [-0.2, 0) is 17.1 Å². The Morgan fingerprint density at radius 2 is 1.82 bits per heavy atom. The van der Waals surface area contributed by atoms with E-state index in [-0.39, 0.29) is 23.6 Å². The topological polar surface area (TPSA) is 71.3 Å². The third-order valence-electron chi connectivity index (χ3n) is 5.01. The molecule has 28 heavy (non-hydrogen) atoms. The average Bonchev–Trinajstić information content (AvgIpc) is 3.01. The molecule has 148 valence electrons. The van der Waals surface area contributed by atoms with Crippen molar-refractivity contribution in [1.82, 2.24) is 18.8 Å². The van der Waals surface area contributed by atoms with Gasteiger partial charge in [0.25, 0.3) is 10.0 Å². The molecule has 0 saturated carbocycles.